The Morgan fingerprint density at radius 2 is 1.89 bits per heavy atom. The summed E-state index contributed by atoms with van der Waals surface area (Å²) in [4.78, 5) is 9.03. The van der Waals surface area contributed by atoms with Gasteiger partial charge in [0.1, 0.15) is 0 Å². The Morgan fingerprint density at radius 1 is 1.17 bits per heavy atom. The highest BCUT2D eigenvalue weighted by Gasteiger charge is 2.09. The van der Waals surface area contributed by atoms with Crippen molar-refractivity contribution in [3.63, 3.8) is 0 Å². The van der Waals surface area contributed by atoms with Crippen molar-refractivity contribution in [2.24, 2.45) is 5.92 Å². The van der Waals surface area contributed by atoms with Crippen LogP contribution in [-0.4, -0.2) is 16.0 Å². The molecule has 0 saturated heterocycles. The maximum absolute atomic E-state index is 4.61. The van der Waals surface area contributed by atoms with Gasteiger partial charge in [0.25, 0.3) is 0 Å². The van der Waals surface area contributed by atoms with Crippen molar-refractivity contribution in [3.05, 3.63) is 36.2 Å². The van der Waals surface area contributed by atoms with E-state index >= 15 is 0 Å². The zero-order valence-corrected chi connectivity index (χ0v) is 11.4. The average Bonchev–Trinajstić information content (AvgIpc) is 2.43. The lowest BCUT2D eigenvalue weighted by molar-refractivity contribution is 0.388. The van der Waals surface area contributed by atoms with Crippen LogP contribution in [0.1, 0.15) is 32.9 Å². The van der Waals surface area contributed by atoms with Gasteiger partial charge < -0.3 is 5.32 Å². The summed E-state index contributed by atoms with van der Waals surface area (Å²) in [5.74, 6) is 0.679. The summed E-state index contributed by atoms with van der Waals surface area (Å²) < 4.78 is 0. The normalized spacial score (nSPS) is 14.6. The maximum Gasteiger partial charge on any atom is 0.0890 e. The highest BCUT2D eigenvalue weighted by molar-refractivity contribution is 5.73. The van der Waals surface area contributed by atoms with E-state index in [2.05, 4.69) is 36.1 Å². The van der Waals surface area contributed by atoms with Gasteiger partial charge in [-0.15, -0.1) is 0 Å². The van der Waals surface area contributed by atoms with Crippen molar-refractivity contribution >= 4 is 11.0 Å². The van der Waals surface area contributed by atoms with Crippen LogP contribution in [0.4, 0.5) is 0 Å². The number of nitrogens with zero attached hydrogens (tertiary/aromatic N) is 2. The first-order chi connectivity index (χ1) is 8.70. The third kappa shape index (κ3) is 3.05. The minimum absolute atomic E-state index is 0.503. The minimum atomic E-state index is 0.503. The largest absolute Gasteiger partial charge is 0.308 e. The van der Waals surface area contributed by atoms with Gasteiger partial charge in [-0.3, -0.25) is 4.98 Å². The number of hydrogen-bond acceptors (Lipinski definition) is 3. The fourth-order valence-corrected chi connectivity index (χ4v) is 1.90. The van der Waals surface area contributed by atoms with E-state index in [-0.39, 0.29) is 0 Å². The van der Waals surface area contributed by atoms with Crippen LogP contribution in [-0.2, 0) is 6.54 Å². The molecule has 0 aliphatic heterocycles. The minimum Gasteiger partial charge on any atom is -0.308 e. The zero-order chi connectivity index (χ0) is 13.0. The van der Waals surface area contributed by atoms with Crippen LogP contribution in [0.5, 0.6) is 0 Å². The lowest BCUT2D eigenvalue weighted by atomic mass is 10.0. The van der Waals surface area contributed by atoms with Crippen LogP contribution in [0.25, 0.3) is 11.0 Å². The van der Waals surface area contributed by atoms with Crippen molar-refractivity contribution in [1.82, 2.24) is 15.3 Å². The van der Waals surface area contributed by atoms with E-state index in [1.54, 1.807) is 0 Å². The summed E-state index contributed by atoms with van der Waals surface area (Å²) in [6, 6.07) is 8.48. The monoisotopic (exact) mass is 243 g/mol. The van der Waals surface area contributed by atoms with Gasteiger partial charge in [0, 0.05) is 12.6 Å². The summed E-state index contributed by atoms with van der Waals surface area (Å²) in [6.45, 7) is 7.49. The lowest BCUT2D eigenvalue weighted by Crippen LogP contribution is -2.31. The molecular weight excluding hydrogens is 222 g/mol. The van der Waals surface area contributed by atoms with E-state index in [1.807, 2.05) is 30.5 Å². The molecule has 96 valence electrons. The Bertz CT molecular complexity index is 510. The Balaban J connectivity index is 2.04. The van der Waals surface area contributed by atoms with Gasteiger partial charge in [-0.05, 0) is 25.0 Å². The molecular formula is C15H21N3. The van der Waals surface area contributed by atoms with Crippen LogP contribution in [0, 0.1) is 5.92 Å². The topological polar surface area (TPSA) is 37.8 Å². The summed E-state index contributed by atoms with van der Waals surface area (Å²) in [7, 11) is 0. The van der Waals surface area contributed by atoms with Crippen molar-refractivity contribution in [2.45, 2.75) is 39.8 Å². The molecule has 3 nitrogen and oxygen atoms in total. The van der Waals surface area contributed by atoms with Crippen molar-refractivity contribution in [3.8, 4) is 0 Å². The van der Waals surface area contributed by atoms with E-state index in [4.69, 9.17) is 0 Å². The molecule has 0 aliphatic carbocycles. The first kappa shape index (κ1) is 13.0. The maximum atomic E-state index is 4.61. The van der Waals surface area contributed by atoms with Gasteiger partial charge in [-0.2, -0.15) is 0 Å². The fraction of sp³-hybridized carbons (Fsp3) is 0.467. The standard InChI is InChI=1S/C15H21N3/c1-4-11(2)12(3)16-9-13-10-17-14-7-5-6-8-15(14)18-13/h5-8,10-12,16H,4,9H2,1-3H3. The second-order valence-electron chi connectivity index (χ2n) is 4.91. The van der Waals surface area contributed by atoms with Gasteiger partial charge in [0.05, 0.1) is 22.9 Å². The van der Waals surface area contributed by atoms with Crippen LogP contribution < -0.4 is 5.32 Å². The molecule has 0 amide bonds. The number of rotatable bonds is 5. The Morgan fingerprint density at radius 3 is 2.61 bits per heavy atom. The van der Waals surface area contributed by atoms with Gasteiger partial charge >= 0.3 is 0 Å². The van der Waals surface area contributed by atoms with Gasteiger partial charge in [-0.1, -0.05) is 32.4 Å². The van der Waals surface area contributed by atoms with E-state index in [0.717, 1.165) is 23.3 Å². The molecule has 2 atom stereocenters. The highest BCUT2D eigenvalue weighted by Crippen LogP contribution is 2.10. The lowest BCUT2D eigenvalue weighted by Gasteiger charge is -2.19. The van der Waals surface area contributed by atoms with Crippen molar-refractivity contribution in [1.29, 1.82) is 0 Å². The van der Waals surface area contributed by atoms with E-state index in [1.165, 1.54) is 6.42 Å². The molecule has 0 bridgehead atoms. The molecule has 1 N–H and O–H groups in total. The molecule has 0 fully saturated rings. The van der Waals surface area contributed by atoms with Crippen LogP contribution in [0.2, 0.25) is 0 Å². The fourth-order valence-electron chi connectivity index (χ4n) is 1.90. The molecule has 2 unspecified atom stereocenters. The number of nitrogens with one attached hydrogen (secondary N) is 1. The molecule has 18 heavy (non-hydrogen) atoms. The molecule has 1 aromatic heterocycles. The SMILES string of the molecule is CCC(C)C(C)NCc1cnc2ccccc2n1. The third-order valence-electron chi connectivity index (χ3n) is 3.60. The quantitative estimate of drug-likeness (QED) is 0.876. The molecule has 0 saturated carbocycles. The smallest absolute Gasteiger partial charge is 0.0890 e. The Hall–Kier alpha value is -1.48. The number of para-hydroxylation sites is 2. The summed E-state index contributed by atoms with van der Waals surface area (Å²) in [6.07, 6.45) is 3.05. The molecule has 2 aromatic rings. The Kier molecular flexibility index (Phi) is 4.26. The van der Waals surface area contributed by atoms with Gasteiger partial charge in [0.2, 0.25) is 0 Å². The van der Waals surface area contributed by atoms with Gasteiger partial charge in [-0.25, -0.2) is 4.98 Å². The van der Waals surface area contributed by atoms with Crippen LogP contribution in [0.3, 0.4) is 0 Å². The van der Waals surface area contributed by atoms with Crippen molar-refractivity contribution < 1.29 is 0 Å². The number of aromatic nitrogens is 2. The first-order valence-electron chi connectivity index (χ1n) is 6.64. The second-order valence-corrected chi connectivity index (χ2v) is 4.91. The zero-order valence-electron chi connectivity index (χ0n) is 11.4. The molecule has 0 radical (unpaired) electrons. The van der Waals surface area contributed by atoms with E-state index in [9.17, 15) is 0 Å². The summed E-state index contributed by atoms with van der Waals surface area (Å²) >= 11 is 0. The Labute approximate surface area is 109 Å². The molecule has 1 aromatic carbocycles. The van der Waals surface area contributed by atoms with Gasteiger partial charge in [0.15, 0.2) is 0 Å². The molecule has 1 heterocycles. The van der Waals surface area contributed by atoms with Crippen LogP contribution >= 0.6 is 0 Å². The predicted octanol–water partition coefficient (Wildman–Crippen LogP) is 3.15. The molecule has 0 aliphatic rings. The number of hydrogen-bond donors (Lipinski definition) is 1. The summed E-state index contributed by atoms with van der Waals surface area (Å²) in [5.41, 5.74) is 2.92. The first-order valence-corrected chi connectivity index (χ1v) is 6.64. The predicted molar refractivity (Wildman–Crippen MR) is 75.3 cm³/mol. The van der Waals surface area contributed by atoms with Crippen LogP contribution in [0.15, 0.2) is 30.5 Å². The molecule has 2 rings (SSSR count). The molecule has 3 heteroatoms. The third-order valence-corrected chi connectivity index (χ3v) is 3.60. The van der Waals surface area contributed by atoms with E-state index < -0.39 is 0 Å². The number of benzene rings is 1. The van der Waals surface area contributed by atoms with E-state index in [0.29, 0.717) is 12.0 Å². The van der Waals surface area contributed by atoms with Crippen molar-refractivity contribution in [2.75, 3.05) is 0 Å². The number of fused-ring (bicyclic) bond motifs is 1. The average molecular weight is 243 g/mol. The summed E-state index contributed by atoms with van der Waals surface area (Å²) in [5, 5.41) is 3.51. The molecule has 0 spiro atoms. The highest BCUT2D eigenvalue weighted by atomic mass is 14.9. The second kappa shape index (κ2) is 5.91.